The lowest BCUT2D eigenvalue weighted by atomic mass is 10.1. The van der Waals surface area contributed by atoms with Gasteiger partial charge in [0.05, 0.1) is 7.11 Å². The predicted octanol–water partition coefficient (Wildman–Crippen LogP) is 1.34. The van der Waals surface area contributed by atoms with Crippen LogP contribution in [-0.4, -0.2) is 24.8 Å². The molecule has 3 N–H and O–H groups in total. The van der Waals surface area contributed by atoms with Crippen molar-refractivity contribution >= 4 is 5.97 Å². The zero-order valence-corrected chi connectivity index (χ0v) is 9.55. The van der Waals surface area contributed by atoms with Crippen molar-refractivity contribution in [1.82, 2.24) is 0 Å². The lowest BCUT2D eigenvalue weighted by molar-refractivity contribution is -0.138. The van der Waals surface area contributed by atoms with Crippen molar-refractivity contribution in [2.75, 3.05) is 13.7 Å². The molecule has 17 heavy (non-hydrogen) atoms. The van der Waals surface area contributed by atoms with Gasteiger partial charge >= 0.3 is 5.97 Å². The quantitative estimate of drug-likeness (QED) is 0.730. The summed E-state index contributed by atoms with van der Waals surface area (Å²) >= 11 is 0. The largest absolute Gasteiger partial charge is 0.493 e. The Kier molecular flexibility index (Phi) is 4.54. The molecule has 5 nitrogen and oxygen atoms in total. The maximum absolute atomic E-state index is 10.8. The second-order valence-electron chi connectivity index (χ2n) is 3.33. The summed E-state index contributed by atoms with van der Waals surface area (Å²) in [6, 6.07) is 3.70. The summed E-state index contributed by atoms with van der Waals surface area (Å²) < 4.78 is 10.4. The lowest BCUT2D eigenvalue weighted by Crippen LogP contribution is -2.20. The summed E-state index contributed by atoms with van der Waals surface area (Å²) in [7, 11) is 1.51. The Morgan fingerprint density at radius 2 is 2.29 bits per heavy atom. The monoisotopic (exact) mass is 237 g/mol. The average Bonchev–Trinajstić information content (AvgIpc) is 2.34. The van der Waals surface area contributed by atoms with Gasteiger partial charge in [-0.05, 0) is 17.7 Å². The Morgan fingerprint density at radius 3 is 2.82 bits per heavy atom. The fourth-order valence-electron chi connectivity index (χ4n) is 1.29. The number of aliphatic carboxylic acids is 1. The van der Waals surface area contributed by atoms with Crippen molar-refractivity contribution in [3.05, 3.63) is 36.4 Å². The molecule has 0 radical (unpaired) electrons. The van der Waals surface area contributed by atoms with Crippen LogP contribution < -0.4 is 15.2 Å². The third-order valence-electron chi connectivity index (χ3n) is 2.17. The van der Waals surface area contributed by atoms with Crippen LogP contribution in [0, 0.1) is 0 Å². The van der Waals surface area contributed by atoms with Crippen LogP contribution >= 0.6 is 0 Å². The average molecular weight is 237 g/mol. The fourth-order valence-corrected chi connectivity index (χ4v) is 1.29. The number of carboxylic acid groups (broad SMARTS) is 1. The highest BCUT2D eigenvalue weighted by atomic mass is 16.5. The van der Waals surface area contributed by atoms with Crippen LogP contribution in [0.3, 0.4) is 0 Å². The van der Waals surface area contributed by atoms with E-state index >= 15 is 0 Å². The number of hydrogen-bond acceptors (Lipinski definition) is 4. The number of carbonyl (C=O) groups is 1. The molecule has 92 valence electrons. The number of hydrogen-bond donors (Lipinski definition) is 2. The zero-order chi connectivity index (χ0) is 12.8. The molecule has 5 heteroatoms. The van der Waals surface area contributed by atoms with Crippen LogP contribution in [0.1, 0.15) is 11.6 Å². The SMILES string of the molecule is C=CCOc1cc([C@H](N)C(=O)O)ccc1OC. The van der Waals surface area contributed by atoms with E-state index in [-0.39, 0.29) is 0 Å². The molecular formula is C12H15NO4. The Balaban J connectivity index is 3.03. The van der Waals surface area contributed by atoms with E-state index in [1.807, 2.05) is 0 Å². The number of methoxy groups -OCH3 is 1. The molecule has 0 saturated heterocycles. The standard InChI is InChI=1S/C12H15NO4/c1-3-6-17-10-7-8(11(13)12(14)15)4-5-9(10)16-2/h3-5,7,11H,1,6,13H2,2H3,(H,14,15)/t11-/m0/s1. The molecule has 0 bridgehead atoms. The highest BCUT2D eigenvalue weighted by molar-refractivity contribution is 5.75. The summed E-state index contributed by atoms with van der Waals surface area (Å²) in [6.07, 6.45) is 1.59. The molecule has 1 atom stereocenters. The second-order valence-corrected chi connectivity index (χ2v) is 3.33. The predicted molar refractivity (Wildman–Crippen MR) is 63.3 cm³/mol. The first-order valence-corrected chi connectivity index (χ1v) is 5.00. The van der Waals surface area contributed by atoms with Gasteiger partial charge in [0.1, 0.15) is 12.6 Å². The van der Waals surface area contributed by atoms with Crippen molar-refractivity contribution in [2.24, 2.45) is 5.73 Å². The highest BCUT2D eigenvalue weighted by Gasteiger charge is 2.16. The van der Waals surface area contributed by atoms with Crippen molar-refractivity contribution in [1.29, 1.82) is 0 Å². The fraction of sp³-hybridized carbons (Fsp3) is 0.250. The van der Waals surface area contributed by atoms with Gasteiger partial charge in [0.2, 0.25) is 0 Å². The zero-order valence-electron chi connectivity index (χ0n) is 9.55. The van der Waals surface area contributed by atoms with Crippen molar-refractivity contribution in [3.63, 3.8) is 0 Å². The van der Waals surface area contributed by atoms with Gasteiger partial charge in [-0.1, -0.05) is 18.7 Å². The van der Waals surface area contributed by atoms with Gasteiger partial charge < -0.3 is 20.3 Å². The van der Waals surface area contributed by atoms with Crippen molar-refractivity contribution in [3.8, 4) is 11.5 Å². The van der Waals surface area contributed by atoms with E-state index in [2.05, 4.69) is 6.58 Å². The normalized spacial score (nSPS) is 11.6. The summed E-state index contributed by atoms with van der Waals surface area (Å²) in [5, 5.41) is 8.82. The maximum atomic E-state index is 10.8. The molecule has 0 heterocycles. The number of nitrogens with two attached hydrogens (primary N) is 1. The molecule has 0 aliphatic rings. The molecule has 0 aliphatic heterocycles. The van der Waals surface area contributed by atoms with Gasteiger partial charge in [0.25, 0.3) is 0 Å². The third-order valence-corrected chi connectivity index (χ3v) is 2.17. The molecule has 1 aromatic carbocycles. The molecular weight excluding hydrogens is 222 g/mol. The molecule has 0 amide bonds. The van der Waals surface area contributed by atoms with Gasteiger partial charge in [-0.2, -0.15) is 0 Å². The van der Waals surface area contributed by atoms with Gasteiger partial charge in [-0.15, -0.1) is 0 Å². The minimum atomic E-state index is -1.09. The molecule has 1 rings (SSSR count). The van der Waals surface area contributed by atoms with Gasteiger partial charge in [-0.3, -0.25) is 4.79 Å². The number of carboxylic acids is 1. The lowest BCUT2D eigenvalue weighted by Gasteiger charge is -2.13. The van der Waals surface area contributed by atoms with E-state index in [1.54, 1.807) is 24.3 Å². The highest BCUT2D eigenvalue weighted by Crippen LogP contribution is 2.29. The summed E-state index contributed by atoms with van der Waals surface area (Å²) in [5.74, 6) is -0.125. The van der Waals surface area contributed by atoms with Gasteiger partial charge in [0, 0.05) is 0 Å². The van der Waals surface area contributed by atoms with E-state index in [1.165, 1.54) is 7.11 Å². The molecule has 0 aliphatic carbocycles. The first kappa shape index (κ1) is 13.1. The Hall–Kier alpha value is -2.01. The Labute approximate surface area is 99.5 Å². The van der Waals surface area contributed by atoms with Crippen LogP contribution in [-0.2, 0) is 4.79 Å². The van der Waals surface area contributed by atoms with Crippen LogP contribution in [0.15, 0.2) is 30.9 Å². The minimum absolute atomic E-state index is 0.308. The number of ether oxygens (including phenoxy) is 2. The maximum Gasteiger partial charge on any atom is 0.325 e. The van der Waals surface area contributed by atoms with E-state index < -0.39 is 12.0 Å². The molecule has 0 spiro atoms. The van der Waals surface area contributed by atoms with E-state index in [9.17, 15) is 4.79 Å². The minimum Gasteiger partial charge on any atom is -0.493 e. The molecule has 1 aromatic rings. The van der Waals surface area contributed by atoms with E-state index in [0.29, 0.717) is 23.7 Å². The molecule has 0 aromatic heterocycles. The smallest absolute Gasteiger partial charge is 0.325 e. The first-order chi connectivity index (χ1) is 8.10. The number of rotatable bonds is 6. The molecule has 0 unspecified atom stereocenters. The van der Waals surface area contributed by atoms with Crippen LogP contribution in [0.5, 0.6) is 11.5 Å². The van der Waals surface area contributed by atoms with Gasteiger partial charge in [0.15, 0.2) is 11.5 Å². The first-order valence-electron chi connectivity index (χ1n) is 5.00. The van der Waals surface area contributed by atoms with E-state index in [4.69, 9.17) is 20.3 Å². The molecule has 0 fully saturated rings. The Morgan fingerprint density at radius 1 is 1.59 bits per heavy atom. The Bertz CT molecular complexity index is 417. The van der Waals surface area contributed by atoms with Gasteiger partial charge in [-0.25, -0.2) is 0 Å². The summed E-state index contributed by atoms with van der Waals surface area (Å²) in [6.45, 7) is 3.84. The summed E-state index contributed by atoms with van der Waals surface area (Å²) in [5.41, 5.74) is 5.97. The number of benzene rings is 1. The van der Waals surface area contributed by atoms with E-state index in [0.717, 1.165) is 0 Å². The summed E-state index contributed by atoms with van der Waals surface area (Å²) in [4.78, 5) is 10.8. The second kappa shape index (κ2) is 5.91. The van der Waals surface area contributed by atoms with Crippen molar-refractivity contribution < 1.29 is 19.4 Å². The molecule has 0 saturated carbocycles. The topological polar surface area (TPSA) is 81.8 Å². The van der Waals surface area contributed by atoms with Crippen LogP contribution in [0.4, 0.5) is 0 Å². The van der Waals surface area contributed by atoms with Crippen molar-refractivity contribution in [2.45, 2.75) is 6.04 Å². The van der Waals surface area contributed by atoms with Crippen LogP contribution in [0.25, 0.3) is 0 Å². The van der Waals surface area contributed by atoms with Crippen LogP contribution in [0.2, 0.25) is 0 Å². The third kappa shape index (κ3) is 3.22.